The number of halogens is 1. The average Bonchev–Trinajstić information content (AvgIpc) is 2.61. The summed E-state index contributed by atoms with van der Waals surface area (Å²) in [6, 6.07) is 15.5. The van der Waals surface area contributed by atoms with Gasteiger partial charge < -0.3 is 15.0 Å². The van der Waals surface area contributed by atoms with E-state index in [1.807, 2.05) is 62.6 Å². The van der Waals surface area contributed by atoms with Crippen LogP contribution in [0.15, 0.2) is 53.4 Å². The molecule has 1 N–H and O–H groups in total. The van der Waals surface area contributed by atoms with Gasteiger partial charge in [-0.2, -0.15) is 0 Å². The number of ether oxygens (including phenoxy) is 1. The molecule has 1 amide bonds. The molecule has 134 valence electrons. The summed E-state index contributed by atoms with van der Waals surface area (Å²) >= 11 is 7.55. The van der Waals surface area contributed by atoms with Gasteiger partial charge in [0.05, 0.1) is 23.9 Å². The molecule has 0 aliphatic rings. The average molecular weight is 379 g/mol. The second-order valence-electron chi connectivity index (χ2n) is 5.78. The fourth-order valence-corrected chi connectivity index (χ4v) is 3.48. The normalized spacial score (nSPS) is 12.0. The van der Waals surface area contributed by atoms with Crippen LogP contribution < -0.4 is 10.1 Å². The van der Waals surface area contributed by atoms with Crippen LogP contribution in [0.2, 0.25) is 5.02 Å². The van der Waals surface area contributed by atoms with E-state index >= 15 is 0 Å². The minimum absolute atomic E-state index is 0.0142. The number of likely N-dealkylation sites (N-methyl/N-ethyl adjacent to an activating group) is 1. The molecule has 1 unspecified atom stereocenters. The van der Waals surface area contributed by atoms with Gasteiger partial charge >= 0.3 is 0 Å². The maximum Gasteiger partial charge on any atom is 0.230 e. The molecule has 0 heterocycles. The molecule has 0 fully saturated rings. The van der Waals surface area contributed by atoms with E-state index in [1.54, 1.807) is 7.11 Å². The Labute approximate surface area is 158 Å². The number of amides is 1. The van der Waals surface area contributed by atoms with Crippen molar-refractivity contribution in [3.8, 4) is 5.75 Å². The molecule has 0 aliphatic carbocycles. The first kappa shape index (κ1) is 19.6. The summed E-state index contributed by atoms with van der Waals surface area (Å²) in [5, 5.41) is 3.67. The molecule has 0 spiro atoms. The van der Waals surface area contributed by atoms with Crippen LogP contribution in [0.1, 0.15) is 11.6 Å². The quantitative estimate of drug-likeness (QED) is 0.708. The van der Waals surface area contributed by atoms with E-state index < -0.39 is 0 Å². The van der Waals surface area contributed by atoms with Crippen molar-refractivity contribution in [3.63, 3.8) is 0 Å². The minimum Gasteiger partial charge on any atom is -0.497 e. The summed E-state index contributed by atoms with van der Waals surface area (Å²) in [6.45, 7) is 0.530. The van der Waals surface area contributed by atoms with Crippen LogP contribution in [-0.4, -0.2) is 44.3 Å². The van der Waals surface area contributed by atoms with Crippen LogP contribution in [0.25, 0.3) is 0 Å². The van der Waals surface area contributed by atoms with Gasteiger partial charge in [0.1, 0.15) is 5.75 Å². The SMILES string of the molecule is COc1cccc(C(CNC(=O)CSc2ccccc2Cl)N(C)C)c1. The number of benzene rings is 2. The lowest BCUT2D eigenvalue weighted by Gasteiger charge is -2.25. The van der Waals surface area contributed by atoms with Crippen LogP contribution in [0.3, 0.4) is 0 Å². The molecule has 0 aliphatic heterocycles. The van der Waals surface area contributed by atoms with Crippen molar-refractivity contribution in [1.29, 1.82) is 0 Å². The fraction of sp³-hybridized carbons (Fsp3) is 0.316. The van der Waals surface area contributed by atoms with Crippen molar-refractivity contribution >= 4 is 29.3 Å². The van der Waals surface area contributed by atoms with Gasteiger partial charge in [0.15, 0.2) is 0 Å². The van der Waals surface area contributed by atoms with Crippen molar-refractivity contribution in [3.05, 3.63) is 59.1 Å². The lowest BCUT2D eigenvalue weighted by atomic mass is 10.1. The van der Waals surface area contributed by atoms with Crippen molar-refractivity contribution in [2.75, 3.05) is 33.5 Å². The number of hydrogen-bond donors (Lipinski definition) is 1. The number of nitrogens with one attached hydrogen (secondary N) is 1. The van der Waals surface area contributed by atoms with Crippen molar-refractivity contribution in [1.82, 2.24) is 10.2 Å². The Morgan fingerprint density at radius 2 is 2.00 bits per heavy atom. The lowest BCUT2D eigenvalue weighted by molar-refractivity contribution is -0.118. The zero-order valence-electron chi connectivity index (χ0n) is 14.7. The van der Waals surface area contributed by atoms with E-state index in [4.69, 9.17) is 16.3 Å². The minimum atomic E-state index is -0.0142. The lowest BCUT2D eigenvalue weighted by Crippen LogP contribution is -2.35. The summed E-state index contributed by atoms with van der Waals surface area (Å²) < 4.78 is 5.29. The molecule has 2 rings (SSSR count). The highest BCUT2D eigenvalue weighted by Gasteiger charge is 2.16. The Morgan fingerprint density at radius 3 is 2.68 bits per heavy atom. The van der Waals surface area contributed by atoms with E-state index in [2.05, 4.69) is 10.2 Å². The third kappa shape index (κ3) is 5.96. The zero-order valence-corrected chi connectivity index (χ0v) is 16.2. The standard InChI is InChI=1S/C19H23ClN2O2S/c1-22(2)17(14-7-6-8-15(11-14)24-3)12-21-19(23)13-25-18-10-5-4-9-16(18)20/h4-11,17H,12-13H2,1-3H3,(H,21,23). The van der Waals surface area contributed by atoms with E-state index in [1.165, 1.54) is 11.8 Å². The first-order chi connectivity index (χ1) is 12.0. The van der Waals surface area contributed by atoms with Gasteiger partial charge in [-0.3, -0.25) is 4.79 Å². The van der Waals surface area contributed by atoms with Crippen LogP contribution in [-0.2, 0) is 4.79 Å². The number of nitrogens with zero attached hydrogens (tertiary/aromatic N) is 1. The van der Waals surface area contributed by atoms with Crippen LogP contribution >= 0.6 is 23.4 Å². The third-order valence-corrected chi connectivity index (χ3v) is 5.31. The maximum absolute atomic E-state index is 12.2. The Kier molecular flexibility index (Phi) is 7.62. The number of rotatable bonds is 8. The maximum atomic E-state index is 12.2. The summed E-state index contributed by atoms with van der Waals surface area (Å²) in [5.41, 5.74) is 1.10. The summed E-state index contributed by atoms with van der Waals surface area (Å²) in [7, 11) is 5.64. The highest BCUT2D eigenvalue weighted by atomic mass is 35.5. The van der Waals surface area contributed by atoms with E-state index in [0.717, 1.165) is 16.2 Å². The fourth-order valence-electron chi connectivity index (χ4n) is 2.41. The predicted octanol–water partition coefficient (Wildman–Crippen LogP) is 3.86. The molecule has 25 heavy (non-hydrogen) atoms. The van der Waals surface area contributed by atoms with Crippen molar-refractivity contribution in [2.24, 2.45) is 0 Å². The Balaban J connectivity index is 1.92. The second kappa shape index (κ2) is 9.70. The first-order valence-electron chi connectivity index (χ1n) is 7.95. The Hall–Kier alpha value is -1.69. The summed E-state index contributed by atoms with van der Waals surface area (Å²) in [5.74, 6) is 1.13. The van der Waals surface area contributed by atoms with Gasteiger partial charge in [0.2, 0.25) is 5.91 Å². The first-order valence-corrected chi connectivity index (χ1v) is 9.32. The molecule has 6 heteroatoms. The molecule has 0 radical (unpaired) electrons. The van der Waals surface area contributed by atoms with Crippen LogP contribution in [0.5, 0.6) is 5.75 Å². The molecule has 2 aromatic carbocycles. The van der Waals surface area contributed by atoms with Crippen LogP contribution in [0.4, 0.5) is 0 Å². The zero-order chi connectivity index (χ0) is 18.2. The van der Waals surface area contributed by atoms with Crippen LogP contribution in [0, 0.1) is 0 Å². The van der Waals surface area contributed by atoms with Gasteiger partial charge in [-0.05, 0) is 43.9 Å². The highest BCUT2D eigenvalue weighted by molar-refractivity contribution is 8.00. The van der Waals surface area contributed by atoms with E-state index in [0.29, 0.717) is 17.3 Å². The van der Waals surface area contributed by atoms with E-state index in [9.17, 15) is 4.79 Å². The van der Waals surface area contributed by atoms with E-state index in [-0.39, 0.29) is 11.9 Å². The third-order valence-electron chi connectivity index (χ3n) is 3.79. The number of hydrogen-bond acceptors (Lipinski definition) is 4. The summed E-state index contributed by atoms with van der Waals surface area (Å²) in [4.78, 5) is 15.2. The Bertz CT molecular complexity index is 709. The molecule has 0 bridgehead atoms. The molecule has 2 aromatic rings. The number of carbonyl (C=O) groups is 1. The smallest absolute Gasteiger partial charge is 0.230 e. The van der Waals surface area contributed by atoms with Crippen molar-refractivity contribution < 1.29 is 9.53 Å². The van der Waals surface area contributed by atoms with Gasteiger partial charge in [0, 0.05) is 11.4 Å². The topological polar surface area (TPSA) is 41.6 Å². The summed E-state index contributed by atoms with van der Waals surface area (Å²) in [6.07, 6.45) is 0. The molecule has 4 nitrogen and oxygen atoms in total. The molecule has 0 saturated carbocycles. The van der Waals surface area contributed by atoms with Gasteiger partial charge in [0.25, 0.3) is 0 Å². The molecular formula is C19H23ClN2O2S. The largest absolute Gasteiger partial charge is 0.497 e. The monoisotopic (exact) mass is 378 g/mol. The number of thioether (sulfide) groups is 1. The molecule has 0 saturated heterocycles. The number of carbonyl (C=O) groups excluding carboxylic acids is 1. The van der Waals surface area contributed by atoms with Crippen molar-refractivity contribution in [2.45, 2.75) is 10.9 Å². The van der Waals surface area contributed by atoms with Gasteiger partial charge in [-0.25, -0.2) is 0 Å². The molecule has 0 aromatic heterocycles. The second-order valence-corrected chi connectivity index (χ2v) is 7.20. The highest BCUT2D eigenvalue weighted by Crippen LogP contribution is 2.26. The van der Waals surface area contributed by atoms with Gasteiger partial charge in [-0.15, -0.1) is 11.8 Å². The number of methoxy groups -OCH3 is 1. The Morgan fingerprint density at radius 1 is 1.24 bits per heavy atom. The molecule has 1 atom stereocenters. The van der Waals surface area contributed by atoms with Gasteiger partial charge in [-0.1, -0.05) is 35.9 Å². The molecular weight excluding hydrogens is 356 g/mol. The predicted molar refractivity (Wildman–Crippen MR) is 105 cm³/mol.